The molecule has 1 aliphatic rings. The summed E-state index contributed by atoms with van der Waals surface area (Å²) in [6, 6.07) is 9.30. The summed E-state index contributed by atoms with van der Waals surface area (Å²) in [4.78, 5) is 22.5. The summed E-state index contributed by atoms with van der Waals surface area (Å²) in [5.41, 5.74) is 0.610. The third-order valence-corrected chi connectivity index (χ3v) is 3.49. The van der Waals surface area contributed by atoms with Crippen LogP contribution in [0.1, 0.15) is 17.3 Å². The molecular formula is C16H18N4O2. The summed E-state index contributed by atoms with van der Waals surface area (Å²) in [5.74, 6) is 1.23. The van der Waals surface area contributed by atoms with Gasteiger partial charge in [-0.2, -0.15) is 0 Å². The molecular weight excluding hydrogens is 280 g/mol. The highest BCUT2D eigenvalue weighted by Crippen LogP contribution is 2.23. The van der Waals surface area contributed by atoms with Crippen molar-refractivity contribution in [3.8, 4) is 5.75 Å². The second kappa shape index (κ2) is 6.43. The van der Waals surface area contributed by atoms with Gasteiger partial charge in [0.15, 0.2) is 0 Å². The van der Waals surface area contributed by atoms with Gasteiger partial charge < -0.3 is 15.0 Å². The number of rotatable bonds is 5. The van der Waals surface area contributed by atoms with E-state index in [0.717, 1.165) is 0 Å². The van der Waals surface area contributed by atoms with Gasteiger partial charge in [-0.15, -0.1) is 0 Å². The van der Waals surface area contributed by atoms with Crippen molar-refractivity contribution >= 4 is 11.9 Å². The molecule has 1 aliphatic heterocycles. The van der Waals surface area contributed by atoms with E-state index in [9.17, 15) is 4.79 Å². The molecule has 2 aromatic rings. The van der Waals surface area contributed by atoms with E-state index in [1.54, 1.807) is 29.4 Å². The molecule has 114 valence electrons. The minimum Gasteiger partial charge on any atom is -0.493 e. The molecule has 0 bridgehead atoms. The molecule has 0 radical (unpaired) electrons. The first-order valence-corrected chi connectivity index (χ1v) is 7.32. The van der Waals surface area contributed by atoms with Crippen molar-refractivity contribution in [1.82, 2.24) is 14.9 Å². The average Bonchev–Trinajstić information content (AvgIpc) is 2.52. The third kappa shape index (κ3) is 3.00. The number of aromatic nitrogens is 2. The fraction of sp³-hybridized carbons (Fsp3) is 0.312. The highest BCUT2D eigenvalue weighted by Gasteiger charge is 2.32. The summed E-state index contributed by atoms with van der Waals surface area (Å²) in [6.45, 7) is 3.72. The van der Waals surface area contributed by atoms with Gasteiger partial charge in [0.1, 0.15) is 5.75 Å². The number of para-hydroxylation sites is 1. The van der Waals surface area contributed by atoms with E-state index < -0.39 is 0 Å². The number of nitrogens with zero attached hydrogens (tertiary/aromatic N) is 3. The lowest BCUT2D eigenvalue weighted by Gasteiger charge is -2.39. The molecule has 1 aromatic carbocycles. The Bertz CT molecular complexity index is 642. The van der Waals surface area contributed by atoms with Crippen molar-refractivity contribution < 1.29 is 9.53 Å². The first-order chi connectivity index (χ1) is 10.8. The van der Waals surface area contributed by atoms with Crippen LogP contribution in [-0.4, -0.2) is 46.5 Å². The number of likely N-dealkylation sites (tertiary alicyclic amines) is 1. The largest absolute Gasteiger partial charge is 0.493 e. The number of carbonyl (C=O) groups is 1. The van der Waals surface area contributed by atoms with Gasteiger partial charge >= 0.3 is 0 Å². The summed E-state index contributed by atoms with van der Waals surface area (Å²) < 4.78 is 5.52. The van der Waals surface area contributed by atoms with Gasteiger partial charge in [-0.3, -0.25) is 4.79 Å². The Labute approximate surface area is 129 Å². The molecule has 0 saturated carbocycles. The molecule has 0 atom stereocenters. The van der Waals surface area contributed by atoms with E-state index >= 15 is 0 Å². The summed E-state index contributed by atoms with van der Waals surface area (Å²) >= 11 is 0. The highest BCUT2D eigenvalue weighted by molar-refractivity contribution is 5.97. The minimum absolute atomic E-state index is 0.00363. The zero-order chi connectivity index (χ0) is 15.4. The molecule has 1 N–H and O–H groups in total. The maximum absolute atomic E-state index is 12.5. The smallest absolute Gasteiger partial charge is 0.257 e. The van der Waals surface area contributed by atoms with Gasteiger partial charge in [-0.1, -0.05) is 12.1 Å². The molecule has 1 aromatic heterocycles. The summed E-state index contributed by atoms with van der Waals surface area (Å²) in [6.07, 6.45) is 3.38. The van der Waals surface area contributed by atoms with E-state index in [-0.39, 0.29) is 11.9 Å². The molecule has 0 aliphatic carbocycles. The van der Waals surface area contributed by atoms with Crippen LogP contribution < -0.4 is 10.1 Å². The molecule has 0 unspecified atom stereocenters. The Morgan fingerprint density at radius 3 is 2.73 bits per heavy atom. The lowest BCUT2D eigenvalue weighted by atomic mass is 10.1. The second-order valence-corrected chi connectivity index (χ2v) is 5.05. The normalized spacial score (nSPS) is 14.3. The Hall–Kier alpha value is -2.63. The zero-order valence-electron chi connectivity index (χ0n) is 12.4. The quantitative estimate of drug-likeness (QED) is 0.912. The van der Waals surface area contributed by atoms with Gasteiger partial charge in [-0.05, 0) is 25.1 Å². The SMILES string of the molecule is CCOc1ccccc1C(=O)N1CC(Nc2ncccn2)C1. The number of hydrogen-bond acceptors (Lipinski definition) is 5. The van der Waals surface area contributed by atoms with Crippen LogP contribution in [0.2, 0.25) is 0 Å². The standard InChI is InChI=1S/C16H18N4O2/c1-2-22-14-7-4-3-6-13(14)15(21)20-10-12(11-20)19-16-17-8-5-9-18-16/h3-9,12H,2,10-11H2,1H3,(H,17,18,19). The summed E-state index contributed by atoms with van der Waals surface area (Å²) in [5, 5.41) is 3.21. The van der Waals surface area contributed by atoms with Crippen LogP contribution in [0.4, 0.5) is 5.95 Å². The maximum atomic E-state index is 12.5. The lowest BCUT2D eigenvalue weighted by molar-refractivity contribution is 0.0620. The number of ether oxygens (including phenoxy) is 1. The first kappa shape index (κ1) is 14.3. The van der Waals surface area contributed by atoms with Gasteiger partial charge in [0, 0.05) is 25.5 Å². The maximum Gasteiger partial charge on any atom is 0.257 e. The van der Waals surface area contributed by atoms with Gasteiger partial charge in [0.25, 0.3) is 5.91 Å². The lowest BCUT2D eigenvalue weighted by Crippen LogP contribution is -2.57. The molecule has 22 heavy (non-hydrogen) atoms. The van der Waals surface area contributed by atoms with Gasteiger partial charge in [0.05, 0.1) is 18.2 Å². The molecule has 3 rings (SSSR count). The van der Waals surface area contributed by atoms with Crippen LogP contribution in [0.25, 0.3) is 0 Å². The predicted octanol–water partition coefficient (Wildman–Crippen LogP) is 1.81. The first-order valence-electron chi connectivity index (χ1n) is 7.32. The van der Waals surface area contributed by atoms with Crippen molar-refractivity contribution in [1.29, 1.82) is 0 Å². The average molecular weight is 298 g/mol. The molecule has 1 saturated heterocycles. The van der Waals surface area contributed by atoms with Crippen LogP contribution in [-0.2, 0) is 0 Å². The van der Waals surface area contributed by atoms with Crippen LogP contribution in [0.5, 0.6) is 5.75 Å². The van der Waals surface area contributed by atoms with E-state index in [0.29, 0.717) is 37.0 Å². The van der Waals surface area contributed by atoms with Crippen LogP contribution in [0.3, 0.4) is 0 Å². The Morgan fingerprint density at radius 1 is 1.27 bits per heavy atom. The number of hydrogen-bond donors (Lipinski definition) is 1. The molecule has 6 heteroatoms. The molecule has 2 heterocycles. The van der Waals surface area contributed by atoms with E-state index in [2.05, 4.69) is 15.3 Å². The van der Waals surface area contributed by atoms with E-state index in [1.165, 1.54) is 0 Å². The topological polar surface area (TPSA) is 67.3 Å². The van der Waals surface area contributed by atoms with Crippen molar-refractivity contribution in [2.75, 3.05) is 25.0 Å². The van der Waals surface area contributed by atoms with Crippen LogP contribution in [0, 0.1) is 0 Å². The number of nitrogens with one attached hydrogen (secondary N) is 1. The van der Waals surface area contributed by atoms with Crippen molar-refractivity contribution in [3.63, 3.8) is 0 Å². The second-order valence-electron chi connectivity index (χ2n) is 5.05. The van der Waals surface area contributed by atoms with E-state index in [4.69, 9.17) is 4.74 Å². The Morgan fingerprint density at radius 2 is 2.00 bits per heavy atom. The molecule has 0 spiro atoms. The predicted molar refractivity (Wildman–Crippen MR) is 83.0 cm³/mol. The van der Waals surface area contributed by atoms with Gasteiger partial charge in [-0.25, -0.2) is 9.97 Å². The highest BCUT2D eigenvalue weighted by atomic mass is 16.5. The molecule has 1 amide bonds. The van der Waals surface area contributed by atoms with Crippen molar-refractivity contribution in [2.24, 2.45) is 0 Å². The third-order valence-electron chi connectivity index (χ3n) is 3.49. The van der Waals surface area contributed by atoms with Crippen LogP contribution >= 0.6 is 0 Å². The number of anilines is 1. The van der Waals surface area contributed by atoms with E-state index in [1.807, 2.05) is 25.1 Å². The molecule has 6 nitrogen and oxygen atoms in total. The van der Waals surface area contributed by atoms with Crippen LogP contribution in [0.15, 0.2) is 42.7 Å². The summed E-state index contributed by atoms with van der Waals surface area (Å²) in [7, 11) is 0. The monoisotopic (exact) mass is 298 g/mol. The van der Waals surface area contributed by atoms with Crippen molar-refractivity contribution in [2.45, 2.75) is 13.0 Å². The number of benzene rings is 1. The number of carbonyl (C=O) groups excluding carboxylic acids is 1. The Kier molecular flexibility index (Phi) is 4.18. The number of amides is 1. The minimum atomic E-state index is -0.00363. The van der Waals surface area contributed by atoms with Crippen molar-refractivity contribution in [3.05, 3.63) is 48.3 Å². The molecule has 1 fully saturated rings. The zero-order valence-corrected chi connectivity index (χ0v) is 12.4. The fourth-order valence-corrected chi connectivity index (χ4v) is 2.39. The van der Waals surface area contributed by atoms with Gasteiger partial charge in [0.2, 0.25) is 5.95 Å². The Balaban J connectivity index is 1.60. The fourth-order valence-electron chi connectivity index (χ4n) is 2.39.